The summed E-state index contributed by atoms with van der Waals surface area (Å²) in [6, 6.07) is 7.62. The highest BCUT2D eigenvalue weighted by molar-refractivity contribution is 8.00. The number of halogens is 1. The molecule has 1 rings (SSSR count). The van der Waals surface area contributed by atoms with Crippen molar-refractivity contribution in [1.82, 2.24) is 0 Å². The standard InChI is InChI=1S/C13H17ClOS/c1-3-10(2)7-12(15)9-16-13-6-4-5-11(14)8-13/h4-6,8,10H,3,7,9H2,1-2H3. The second-order valence-electron chi connectivity index (χ2n) is 4.00. The normalized spacial score (nSPS) is 12.4. The Labute approximate surface area is 107 Å². The van der Waals surface area contributed by atoms with Gasteiger partial charge in [-0.1, -0.05) is 37.9 Å². The Kier molecular flexibility index (Phi) is 5.93. The molecule has 88 valence electrons. The van der Waals surface area contributed by atoms with E-state index in [1.165, 1.54) is 0 Å². The molecule has 0 aliphatic carbocycles. The van der Waals surface area contributed by atoms with E-state index in [4.69, 9.17) is 11.6 Å². The molecule has 0 aromatic heterocycles. The van der Waals surface area contributed by atoms with Crippen LogP contribution in [-0.2, 0) is 4.79 Å². The number of benzene rings is 1. The fraction of sp³-hybridized carbons (Fsp3) is 0.462. The molecule has 0 radical (unpaired) electrons. The van der Waals surface area contributed by atoms with Crippen LogP contribution in [-0.4, -0.2) is 11.5 Å². The fourth-order valence-electron chi connectivity index (χ4n) is 1.31. The van der Waals surface area contributed by atoms with Crippen molar-refractivity contribution >= 4 is 29.1 Å². The highest BCUT2D eigenvalue weighted by atomic mass is 35.5. The van der Waals surface area contributed by atoms with Gasteiger partial charge in [-0.2, -0.15) is 0 Å². The Morgan fingerprint density at radius 2 is 2.25 bits per heavy atom. The summed E-state index contributed by atoms with van der Waals surface area (Å²) in [5.41, 5.74) is 0. The van der Waals surface area contributed by atoms with E-state index in [0.717, 1.165) is 16.3 Å². The Morgan fingerprint density at radius 3 is 2.88 bits per heavy atom. The van der Waals surface area contributed by atoms with Gasteiger partial charge in [-0.05, 0) is 24.1 Å². The minimum atomic E-state index is 0.319. The predicted molar refractivity (Wildman–Crippen MR) is 71.3 cm³/mol. The van der Waals surface area contributed by atoms with E-state index in [1.54, 1.807) is 11.8 Å². The van der Waals surface area contributed by atoms with Crippen molar-refractivity contribution in [1.29, 1.82) is 0 Å². The van der Waals surface area contributed by atoms with Crippen LogP contribution in [0, 0.1) is 5.92 Å². The first-order valence-corrected chi connectivity index (χ1v) is 6.88. The number of hydrogen-bond acceptors (Lipinski definition) is 2. The summed E-state index contributed by atoms with van der Waals surface area (Å²) in [5, 5.41) is 0.722. The maximum Gasteiger partial charge on any atom is 0.143 e. The lowest BCUT2D eigenvalue weighted by Crippen LogP contribution is -2.06. The highest BCUT2D eigenvalue weighted by Crippen LogP contribution is 2.22. The van der Waals surface area contributed by atoms with Crippen LogP contribution in [0.4, 0.5) is 0 Å². The summed E-state index contributed by atoms with van der Waals surface area (Å²) in [6.07, 6.45) is 1.75. The molecular weight excluding hydrogens is 240 g/mol. The third kappa shape index (κ3) is 5.04. The van der Waals surface area contributed by atoms with Gasteiger partial charge in [0.2, 0.25) is 0 Å². The molecular formula is C13H17ClOS. The van der Waals surface area contributed by atoms with Crippen molar-refractivity contribution in [2.24, 2.45) is 5.92 Å². The highest BCUT2D eigenvalue weighted by Gasteiger charge is 2.08. The third-order valence-corrected chi connectivity index (χ3v) is 3.76. The van der Waals surface area contributed by atoms with E-state index in [0.29, 0.717) is 23.9 Å². The van der Waals surface area contributed by atoms with Crippen LogP contribution in [0.15, 0.2) is 29.2 Å². The Hall–Kier alpha value is -0.470. The lowest BCUT2D eigenvalue weighted by atomic mass is 10.0. The van der Waals surface area contributed by atoms with Crippen molar-refractivity contribution in [3.63, 3.8) is 0 Å². The average Bonchev–Trinajstić information content (AvgIpc) is 2.26. The van der Waals surface area contributed by atoms with Gasteiger partial charge in [0.1, 0.15) is 5.78 Å². The van der Waals surface area contributed by atoms with Gasteiger partial charge >= 0.3 is 0 Å². The predicted octanol–water partition coefficient (Wildman–Crippen LogP) is 4.44. The number of carbonyl (C=O) groups excluding carboxylic acids is 1. The first-order chi connectivity index (χ1) is 7.61. The number of Topliss-reactive ketones (excluding diaryl/α,β-unsaturated/α-hetero) is 1. The molecule has 1 aromatic carbocycles. The molecule has 1 aromatic rings. The van der Waals surface area contributed by atoms with Crippen LogP contribution in [0.5, 0.6) is 0 Å². The molecule has 16 heavy (non-hydrogen) atoms. The lowest BCUT2D eigenvalue weighted by Gasteiger charge is -2.06. The van der Waals surface area contributed by atoms with E-state index in [2.05, 4.69) is 13.8 Å². The molecule has 0 aliphatic heterocycles. The lowest BCUT2D eigenvalue weighted by molar-refractivity contribution is -0.117. The van der Waals surface area contributed by atoms with Crippen molar-refractivity contribution in [3.8, 4) is 0 Å². The quantitative estimate of drug-likeness (QED) is 0.700. The topological polar surface area (TPSA) is 17.1 Å². The maximum absolute atomic E-state index is 11.6. The molecule has 0 saturated carbocycles. The van der Waals surface area contributed by atoms with Crippen molar-refractivity contribution in [2.45, 2.75) is 31.6 Å². The molecule has 0 spiro atoms. The summed E-state index contributed by atoms with van der Waals surface area (Å²) < 4.78 is 0. The van der Waals surface area contributed by atoms with Crippen LogP contribution in [0.2, 0.25) is 5.02 Å². The van der Waals surface area contributed by atoms with Gasteiger partial charge in [-0.15, -0.1) is 11.8 Å². The van der Waals surface area contributed by atoms with Gasteiger partial charge in [-0.3, -0.25) is 4.79 Å². The first kappa shape index (κ1) is 13.6. The van der Waals surface area contributed by atoms with Gasteiger partial charge in [0.15, 0.2) is 0 Å². The van der Waals surface area contributed by atoms with Crippen LogP contribution < -0.4 is 0 Å². The SMILES string of the molecule is CCC(C)CC(=O)CSc1cccc(Cl)c1. The van der Waals surface area contributed by atoms with Crippen LogP contribution >= 0.6 is 23.4 Å². The molecule has 0 aliphatic rings. The van der Waals surface area contributed by atoms with Gasteiger partial charge < -0.3 is 0 Å². The largest absolute Gasteiger partial charge is 0.299 e. The Morgan fingerprint density at radius 1 is 1.50 bits per heavy atom. The minimum Gasteiger partial charge on any atom is -0.299 e. The molecule has 0 N–H and O–H groups in total. The second-order valence-corrected chi connectivity index (χ2v) is 5.49. The smallest absolute Gasteiger partial charge is 0.143 e. The number of carbonyl (C=O) groups is 1. The van der Waals surface area contributed by atoms with E-state index < -0.39 is 0 Å². The Bertz CT molecular complexity index is 352. The molecule has 3 heteroatoms. The summed E-state index contributed by atoms with van der Waals surface area (Å²) in [7, 11) is 0. The number of hydrogen-bond donors (Lipinski definition) is 0. The molecule has 0 amide bonds. The average molecular weight is 257 g/mol. The minimum absolute atomic E-state index is 0.319. The van der Waals surface area contributed by atoms with E-state index in [-0.39, 0.29) is 0 Å². The summed E-state index contributed by atoms with van der Waals surface area (Å²) in [5.74, 6) is 1.36. The van der Waals surface area contributed by atoms with Gasteiger partial charge in [0, 0.05) is 16.3 Å². The fourth-order valence-corrected chi connectivity index (χ4v) is 2.40. The Balaban J connectivity index is 2.37. The molecule has 1 atom stereocenters. The van der Waals surface area contributed by atoms with Crippen molar-refractivity contribution in [2.75, 3.05) is 5.75 Å². The van der Waals surface area contributed by atoms with Gasteiger partial charge in [-0.25, -0.2) is 0 Å². The summed E-state index contributed by atoms with van der Waals surface area (Å²) >= 11 is 7.43. The third-order valence-electron chi connectivity index (χ3n) is 2.47. The molecule has 1 unspecified atom stereocenters. The molecule has 0 saturated heterocycles. The molecule has 1 nitrogen and oxygen atoms in total. The van der Waals surface area contributed by atoms with Crippen LogP contribution in [0.25, 0.3) is 0 Å². The van der Waals surface area contributed by atoms with Crippen molar-refractivity contribution < 1.29 is 4.79 Å². The van der Waals surface area contributed by atoms with Crippen LogP contribution in [0.1, 0.15) is 26.7 Å². The van der Waals surface area contributed by atoms with Crippen LogP contribution in [0.3, 0.4) is 0 Å². The number of rotatable bonds is 6. The zero-order valence-corrected chi connectivity index (χ0v) is 11.3. The molecule has 0 bridgehead atoms. The van der Waals surface area contributed by atoms with E-state index >= 15 is 0 Å². The summed E-state index contributed by atoms with van der Waals surface area (Å²) in [6.45, 7) is 4.23. The molecule has 0 fully saturated rings. The van der Waals surface area contributed by atoms with E-state index in [9.17, 15) is 4.79 Å². The van der Waals surface area contributed by atoms with Crippen molar-refractivity contribution in [3.05, 3.63) is 29.3 Å². The second kappa shape index (κ2) is 6.97. The first-order valence-electron chi connectivity index (χ1n) is 5.52. The monoisotopic (exact) mass is 256 g/mol. The van der Waals surface area contributed by atoms with Gasteiger partial charge in [0.25, 0.3) is 0 Å². The van der Waals surface area contributed by atoms with Gasteiger partial charge in [0.05, 0.1) is 5.75 Å². The molecule has 0 heterocycles. The summed E-state index contributed by atoms with van der Waals surface area (Å²) in [4.78, 5) is 12.7. The van der Waals surface area contributed by atoms with E-state index in [1.807, 2.05) is 24.3 Å². The number of ketones is 1. The zero-order chi connectivity index (χ0) is 12.0. The zero-order valence-electron chi connectivity index (χ0n) is 9.70. The number of thioether (sulfide) groups is 1. The maximum atomic E-state index is 11.6.